The van der Waals surface area contributed by atoms with Gasteiger partial charge in [0, 0.05) is 19.0 Å². The Morgan fingerprint density at radius 3 is 2.92 bits per heavy atom. The molecule has 12 heavy (non-hydrogen) atoms. The topological polar surface area (TPSA) is 55.1 Å². The van der Waals surface area contributed by atoms with Gasteiger partial charge in [-0.15, -0.1) is 6.58 Å². The van der Waals surface area contributed by atoms with Gasteiger partial charge in [0.1, 0.15) is 0 Å². The van der Waals surface area contributed by atoms with E-state index in [0.29, 0.717) is 13.0 Å². The zero-order valence-electron chi connectivity index (χ0n) is 7.68. The lowest BCUT2D eigenvalue weighted by atomic mass is 10.1. The number of nitrogens with two attached hydrogens (primary N) is 1. The largest absolute Gasteiger partial charge is 0.353 e. The van der Waals surface area contributed by atoms with Gasteiger partial charge in [-0.3, -0.25) is 4.79 Å². The molecular formula is C9H18N2O. The third kappa shape index (κ3) is 7.28. The van der Waals surface area contributed by atoms with Crippen molar-refractivity contribution in [3.05, 3.63) is 12.7 Å². The molecule has 1 atom stereocenters. The Morgan fingerprint density at radius 2 is 2.42 bits per heavy atom. The first-order chi connectivity index (χ1) is 5.66. The molecule has 0 spiro atoms. The Kier molecular flexibility index (Phi) is 6.38. The first-order valence-corrected chi connectivity index (χ1v) is 4.30. The molecular weight excluding hydrogens is 152 g/mol. The van der Waals surface area contributed by atoms with Crippen LogP contribution in [0.15, 0.2) is 12.7 Å². The quantitative estimate of drug-likeness (QED) is 0.579. The summed E-state index contributed by atoms with van der Waals surface area (Å²) >= 11 is 0. The molecule has 0 aliphatic heterocycles. The fraction of sp³-hybridized carbons (Fsp3) is 0.667. The molecule has 0 saturated heterocycles. The van der Waals surface area contributed by atoms with Crippen molar-refractivity contribution in [2.45, 2.75) is 32.2 Å². The Bertz CT molecular complexity index is 143. The fourth-order valence-electron chi connectivity index (χ4n) is 0.859. The van der Waals surface area contributed by atoms with Crippen LogP contribution in [0.4, 0.5) is 0 Å². The van der Waals surface area contributed by atoms with Gasteiger partial charge in [0.2, 0.25) is 5.91 Å². The van der Waals surface area contributed by atoms with E-state index in [1.54, 1.807) is 6.08 Å². The van der Waals surface area contributed by atoms with Crippen LogP contribution in [0.3, 0.4) is 0 Å². The van der Waals surface area contributed by atoms with Crippen LogP contribution in [0.5, 0.6) is 0 Å². The van der Waals surface area contributed by atoms with Crippen molar-refractivity contribution in [3.63, 3.8) is 0 Å². The molecule has 0 radical (unpaired) electrons. The average molecular weight is 170 g/mol. The SMILES string of the molecule is C=CCNC(=O)CCCC(C)N. The predicted molar refractivity (Wildman–Crippen MR) is 50.7 cm³/mol. The summed E-state index contributed by atoms with van der Waals surface area (Å²) < 4.78 is 0. The molecule has 0 aliphatic rings. The Morgan fingerprint density at radius 1 is 1.75 bits per heavy atom. The molecule has 0 bridgehead atoms. The van der Waals surface area contributed by atoms with Gasteiger partial charge in [0.15, 0.2) is 0 Å². The summed E-state index contributed by atoms with van der Waals surface area (Å²) in [5.41, 5.74) is 5.53. The summed E-state index contributed by atoms with van der Waals surface area (Å²) in [6.07, 6.45) is 4.00. The number of hydrogen-bond donors (Lipinski definition) is 2. The highest BCUT2D eigenvalue weighted by atomic mass is 16.1. The maximum atomic E-state index is 11.0. The molecule has 0 rings (SSSR count). The minimum Gasteiger partial charge on any atom is -0.353 e. The van der Waals surface area contributed by atoms with Crippen molar-refractivity contribution in [2.24, 2.45) is 5.73 Å². The van der Waals surface area contributed by atoms with E-state index < -0.39 is 0 Å². The molecule has 0 aromatic rings. The standard InChI is InChI=1S/C9H18N2O/c1-3-7-11-9(12)6-4-5-8(2)10/h3,8H,1,4-7,10H2,2H3,(H,11,12). The molecule has 3 heteroatoms. The van der Waals surface area contributed by atoms with E-state index in [4.69, 9.17) is 5.73 Å². The van der Waals surface area contributed by atoms with Crippen molar-refractivity contribution in [3.8, 4) is 0 Å². The van der Waals surface area contributed by atoms with Crippen LogP contribution in [0.1, 0.15) is 26.2 Å². The van der Waals surface area contributed by atoms with Crippen LogP contribution >= 0.6 is 0 Å². The van der Waals surface area contributed by atoms with Crippen LogP contribution in [0.2, 0.25) is 0 Å². The van der Waals surface area contributed by atoms with E-state index in [0.717, 1.165) is 12.8 Å². The van der Waals surface area contributed by atoms with Gasteiger partial charge in [-0.2, -0.15) is 0 Å². The number of carbonyl (C=O) groups is 1. The number of carbonyl (C=O) groups excluding carboxylic acids is 1. The second kappa shape index (κ2) is 6.85. The lowest BCUT2D eigenvalue weighted by Gasteiger charge is -2.04. The maximum absolute atomic E-state index is 11.0. The lowest BCUT2D eigenvalue weighted by molar-refractivity contribution is -0.121. The molecule has 70 valence electrons. The molecule has 0 saturated carbocycles. The zero-order chi connectivity index (χ0) is 9.40. The number of hydrogen-bond acceptors (Lipinski definition) is 2. The van der Waals surface area contributed by atoms with Gasteiger partial charge in [-0.25, -0.2) is 0 Å². The van der Waals surface area contributed by atoms with Crippen molar-refractivity contribution < 1.29 is 4.79 Å². The van der Waals surface area contributed by atoms with E-state index in [2.05, 4.69) is 11.9 Å². The first kappa shape index (κ1) is 11.2. The first-order valence-electron chi connectivity index (χ1n) is 4.30. The zero-order valence-corrected chi connectivity index (χ0v) is 7.68. The van der Waals surface area contributed by atoms with Gasteiger partial charge < -0.3 is 11.1 Å². The predicted octanol–water partition coefficient (Wildman–Crippen LogP) is 0.806. The van der Waals surface area contributed by atoms with E-state index in [1.165, 1.54) is 0 Å². The number of rotatable bonds is 6. The van der Waals surface area contributed by atoms with Gasteiger partial charge in [-0.1, -0.05) is 6.08 Å². The molecule has 0 aromatic carbocycles. The summed E-state index contributed by atoms with van der Waals surface area (Å²) in [6.45, 7) is 6.01. The van der Waals surface area contributed by atoms with Gasteiger partial charge in [-0.05, 0) is 19.8 Å². The van der Waals surface area contributed by atoms with Crippen molar-refractivity contribution in [1.29, 1.82) is 0 Å². The fourth-order valence-corrected chi connectivity index (χ4v) is 0.859. The second-order valence-electron chi connectivity index (χ2n) is 2.96. The number of nitrogens with one attached hydrogen (secondary N) is 1. The smallest absolute Gasteiger partial charge is 0.220 e. The molecule has 0 aromatic heterocycles. The maximum Gasteiger partial charge on any atom is 0.220 e. The average Bonchev–Trinajstić information content (AvgIpc) is 2.00. The second-order valence-corrected chi connectivity index (χ2v) is 2.96. The Balaban J connectivity index is 3.25. The minimum absolute atomic E-state index is 0.0792. The monoisotopic (exact) mass is 170 g/mol. The van der Waals surface area contributed by atoms with E-state index >= 15 is 0 Å². The van der Waals surface area contributed by atoms with Crippen LogP contribution in [-0.4, -0.2) is 18.5 Å². The van der Waals surface area contributed by atoms with E-state index in [-0.39, 0.29) is 11.9 Å². The minimum atomic E-state index is 0.0792. The van der Waals surface area contributed by atoms with Crippen LogP contribution < -0.4 is 11.1 Å². The summed E-state index contributed by atoms with van der Waals surface area (Å²) in [5, 5.41) is 2.71. The molecule has 0 fully saturated rings. The van der Waals surface area contributed by atoms with Gasteiger partial charge in [0.25, 0.3) is 0 Å². The van der Waals surface area contributed by atoms with E-state index in [1.807, 2.05) is 6.92 Å². The van der Waals surface area contributed by atoms with Crippen LogP contribution in [-0.2, 0) is 4.79 Å². The highest BCUT2D eigenvalue weighted by molar-refractivity contribution is 5.75. The highest BCUT2D eigenvalue weighted by Gasteiger charge is 2.00. The summed E-state index contributed by atoms with van der Waals surface area (Å²) in [7, 11) is 0. The molecule has 3 N–H and O–H groups in total. The molecule has 1 amide bonds. The molecule has 0 heterocycles. The van der Waals surface area contributed by atoms with Crippen molar-refractivity contribution in [2.75, 3.05) is 6.54 Å². The molecule has 0 aliphatic carbocycles. The normalized spacial score (nSPS) is 12.2. The number of amides is 1. The molecule has 1 unspecified atom stereocenters. The third-order valence-electron chi connectivity index (χ3n) is 1.51. The van der Waals surface area contributed by atoms with Gasteiger partial charge >= 0.3 is 0 Å². The van der Waals surface area contributed by atoms with Crippen molar-refractivity contribution in [1.82, 2.24) is 5.32 Å². The third-order valence-corrected chi connectivity index (χ3v) is 1.51. The highest BCUT2D eigenvalue weighted by Crippen LogP contribution is 1.97. The summed E-state index contributed by atoms with van der Waals surface area (Å²) in [5.74, 6) is 0.0792. The lowest BCUT2D eigenvalue weighted by Crippen LogP contribution is -2.23. The van der Waals surface area contributed by atoms with Crippen molar-refractivity contribution >= 4 is 5.91 Å². The summed E-state index contributed by atoms with van der Waals surface area (Å²) in [6, 6.07) is 0.192. The van der Waals surface area contributed by atoms with Crippen LogP contribution in [0, 0.1) is 0 Å². The Labute approximate surface area is 74.0 Å². The van der Waals surface area contributed by atoms with Gasteiger partial charge in [0.05, 0.1) is 0 Å². The van der Waals surface area contributed by atoms with E-state index in [9.17, 15) is 4.79 Å². The Hall–Kier alpha value is -0.830. The van der Waals surface area contributed by atoms with Crippen LogP contribution in [0.25, 0.3) is 0 Å². The molecule has 3 nitrogen and oxygen atoms in total. The summed E-state index contributed by atoms with van der Waals surface area (Å²) in [4.78, 5) is 11.0.